The summed E-state index contributed by atoms with van der Waals surface area (Å²) in [6.07, 6.45) is 0. The van der Waals surface area contributed by atoms with Crippen molar-refractivity contribution in [2.45, 2.75) is 26.8 Å². The number of carbonyl (C=O) groups is 1. The van der Waals surface area contributed by atoms with Crippen molar-refractivity contribution >= 4 is 17.5 Å². The average Bonchev–Trinajstić information content (AvgIpc) is 2.36. The van der Waals surface area contributed by atoms with Crippen molar-refractivity contribution in [2.24, 2.45) is 5.92 Å². The summed E-state index contributed by atoms with van der Waals surface area (Å²) < 4.78 is 5.34. The number of phenolic OH excluding ortho intramolecular Hbond substituents is 1. The zero-order chi connectivity index (χ0) is 14.4. The predicted octanol–water partition coefficient (Wildman–Crippen LogP) is 2.84. The molecular weight excluding hydrogens is 266 g/mol. The van der Waals surface area contributed by atoms with Crippen molar-refractivity contribution in [3.8, 4) is 5.75 Å². The maximum Gasteiger partial charge on any atom is 0.255 e. The van der Waals surface area contributed by atoms with Gasteiger partial charge in [0, 0.05) is 11.6 Å². The molecule has 4 nitrogen and oxygen atoms in total. The molecule has 19 heavy (non-hydrogen) atoms. The van der Waals surface area contributed by atoms with E-state index in [1.165, 1.54) is 18.2 Å². The van der Waals surface area contributed by atoms with E-state index in [9.17, 15) is 9.90 Å². The SMILES string of the molecule is CCOCC(NC(=O)c1cc(Cl)ccc1O)C(C)C. The van der Waals surface area contributed by atoms with E-state index in [0.29, 0.717) is 18.2 Å². The smallest absolute Gasteiger partial charge is 0.255 e. The summed E-state index contributed by atoms with van der Waals surface area (Å²) in [5, 5.41) is 12.9. The van der Waals surface area contributed by atoms with Crippen molar-refractivity contribution in [1.82, 2.24) is 5.32 Å². The van der Waals surface area contributed by atoms with Crippen molar-refractivity contribution in [2.75, 3.05) is 13.2 Å². The molecule has 2 N–H and O–H groups in total. The summed E-state index contributed by atoms with van der Waals surface area (Å²) >= 11 is 5.83. The summed E-state index contributed by atoms with van der Waals surface area (Å²) in [4.78, 5) is 12.1. The molecule has 0 saturated carbocycles. The lowest BCUT2D eigenvalue weighted by Crippen LogP contribution is -2.41. The van der Waals surface area contributed by atoms with E-state index < -0.39 is 0 Å². The minimum absolute atomic E-state index is 0.0826. The van der Waals surface area contributed by atoms with Crippen molar-refractivity contribution in [3.63, 3.8) is 0 Å². The lowest BCUT2D eigenvalue weighted by molar-refractivity contribution is 0.0804. The number of aromatic hydroxyl groups is 1. The van der Waals surface area contributed by atoms with Gasteiger partial charge in [0.1, 0.15) is 5.75 Å². The molecule has 0 spiro atoms. The van der Waals surface area contributed by atoms with Gasteiger partial charge in [-0.2, -0.15) is 0 Å². The molecule has 1 aromatic carbocycles. The van der Waals surface area contributed by atoms with Crippen LogP contribution in [0.25, 0.3) is 0 Å². The predicted molar refractivity (Wildman–Crippen MR) is 75.7 cm³/mol. The standard InChI is InChI=1S/C14H20ClNO3/c1-4-19-8-12(9(2)3)16-14(18)11-7-10(15)5-6-13(11)17/h5-7,9,12,17H,4,8H2,1-3H3,(H,16,18). The highest BCUT2D eigenvalue weighted by Crippen LogP contribution is 2.21. The molecule has 0 radical (unpaired) electrons. The molecule has 0 heterocycles. The molecule has 0 fully saturated rings. The number of phenols is 1. The van der Waals surface area contributed by atoms with Crippen LogP contribution in [0.15, 0.2) is 18.2 Å². The van der Waals surface area contributed by atoms with E-state index in [2.05, 4.69) is 5.32 Å². The number of benzene rings is 1. The third-order valence-electron chi connectivity index (χ3n) is 2.83. The molecule has 1 unspecified atom stereocenters. The van der Waals surface area contributed by atoms with Crippen molar-refractivity contribution in [1.29, 1.82) is 0 Å². The van der Waals surface area contributed by atoms with Crippen LogP contribution in [0.4, 0.5) is 0 Å². The van der Waals surface area contributed by atoms with Crippen molar-refractivity contribution in [3.05, 3.63) is 28.8 Å². The number of amides is 1. The lowest BCUT2D eigenvalue weighted by Gasteiger charge is -2.22. The second-order valence-corrected chi connectivity index (χ2v) is 5.08. The molecule has 106 valence electrons. The van der Waals surface area contributed by atoms with E-state index in [-0.39, 0.29) is 29.2 Å². The van der Waals surface area contributed by atoms with Gasteiger partial charge in [-0.1, -0.05) is 25.4 Å². The first-order valence-electron chi connectivity index (χ1n) is 6.32. The fraction of sp³-hybridized carbons (Fsp3) is 0.500. The van der Waals surface area contributed by atoms with E-state index in [1.54, 1.807) is 0 Å². The van der Waals surface area contributed by atoms with Crippen LogP contribution in [0.1, 0.15) is 31.1 Å². The van der Waals surface area contributed by atoms with Crippen LogP contribution in [0, 0.1) is 5.92 Å². The van der Waals surface area contributed by atoms with Crippen LogP contribution in [0.2, 0.25) is 5.02 Å². The summed E-state index contributed by atoms with van der Waals surface area (Å²) in [7, 11) is 0. The Hall–Kier alpha value is -1.26. The van der Waals surface area contributed by atoms with Gasteiger partial charge in [-0.25, -0.2) is 0 Å². The maximum absolute atomic E-state index is 12.1. The second-order valence-electron chi connectivity index (χ2n) is 4.64. The minimum atomic E-state index is -0.349. The van der Waals surface area contributed by atoms with Gasteiger partial charge in [-0.05, 0) is 31.0 Å². The van der Waals surface area contributed by atoms with Crippen LogP contribution in [0.3, 0.4) is 0 Å². The van der Waals surface area contributed by atoms with Crippen LogP contribution in [-0.4, -0.2) is 30.3 Å². The first-order chi connectivity index (χ1) is 8.95. The molecule has 0 aliphatic heterocycles. The molecule has 0 saturated heterocycles. The van der Waals surface area contributed by atoms with Gasteiger partial charge >= 0.3 is 0 Å². The highest BCUT2D eigenvalue weighted by Gasteiger charge is 2.19. The van der Waals surface area contributed by atoms with Crippen LogP contribution in [0.5, 0.6) is 5.75 Å². The van der Waals surface area contributed by atoms with Gasteiger partial charge in [0.05, 0.1) is 18.2 Å². The zero-order valence-corrected chi connectivity index (χ0v) is 12.2. The molecule has 0 aliphatic rings. The van der Waals surface area contributed by atoms with E-state index in [1.807, 2.05) is 20.8 Å². The number of hydrogen-bond acceptors (Lipinski definition) is 3. The highest BCUT2D eigenvalue weighted by atomic mass is 35.5. The van der Waals surface area contributed by atoms with Gasteiger partial charge in [0.2, 0.25) is 0 Å². The molecule has 0 bridgehead atoms. The monoisotopic (exact) mass is 285 g/mol. The summed E-state index contributed by atoms with van der Waals surface area (Å²) in [5.74, 6) is -0.198. The van der Waals surface area contributed by atoms with Gasteiger partial charge in [0.15, 0.2) is 0 Å². The number of halogens is 1. The van der Waals surface area contributed by atoms with Gasteiger partial charge < -0.3 is 15.2 Å². The van der Waals surface area contributed by atoms with Gasteiger partial charge in [-0.15, -0.1) is 0 Å². The van der Waals surface area contributed by atoms with Crippen LogP contribution in [-0.2, 0) is 4.74 Å². The maximum atomic E-state index is 12.1. The normalized spacial score (nSPS) is 12.5. The van der Waals surface area contributed by atoms with E-state index in [0.717, 1.165) is 0 Å². The molecular formula is C14H20ClNO3. The van der Waals surface area contributed by atoms with Gasteiger partial charge in [0.25, 0.3) is 5.91 Å². The number of carbonyl (C=O) groups excluding carboxylic acids is 1. The highest BCUT2D eigenvalue weighted by molar-refractivity contribution is 6.31. The van der Waals surface area contributed by atoms with Crippen LogP contribution >= 0.6 is 11.6 Å². The van der Waals surface area contributed by atoms with Crippen LogP contribution < -0.4 is 5.32 Å². The quantitative estimate of drug-likeness (QED) is 0.845. The average molecular weight is 286 g/mol. The van der Waals surface area contributed by atoms with E-state index >= 15 is 0 Å². The Morgan fingerprint density at radius 2 is 2.16 bits per heavy atom. The Bertz CT molecular complexity index is 435. The lowest BCUT2D eigenvalue weighted by atomic mass is 10.0. The fourth-order valence-electron chi connectivity index (χ4n) is 1.58. The number of ether oxygens (including phenoxy) is 1. The Labute approximate surface area is 118 Å². The molecule has 1 amide bonds. The Morgan fingerprint density at radius 3 is 2.74 bits per heavy atom. The number of nitrogens with one attached hydrogen (secondary N) is 1. The number of hydrogen-bond donors (Lipinski definition) is 2. The van der Waals surface area contributed by atoms with E-state index in [4.69, 9.17) is 16.3 Å². The third kappa shape index (κ3) is 4.73. The molecule has 1 atom stereocenters. The summed E-state index contributed by atoms with van der Waals surface area (Å²) in [6.45, 7) is 6.95. The molecule has 1 rings (SSSR count). The third-order valence-corrected chi connectivity index (χ3v) is 3.06. The molecule has 5 heteroatoms. The summed E-state index contributed by atoms with van der Waals surface area (Å²) in [6, 6.07) is 4.29. The number of rotatable bonds is 6. The largest absolute Gasteiger partial charge is 0.507 e. The second kappa shape index (κ2) is 7.36. The Kier molecular flexibility index (Phi) is 6.12. The van der Waals surface area contributed by atoms with Gasteiger partial charge in [-0.3, -0.25) is 4.79 Å². The molecule has 1 aromatic rings. The Balaban J connectivity index is 2.78. The zero-order valence-electron chi connectivity index (χ0n) is 11.4. The first-order valence-corrected chi connectivity index (χ1v) is 6.70. The summed E-state index contributed by atoms with van der Waals surface area (Å²) in [5.41, 5.74) is 0.176. The Morgan fingerprint density at radius 1 is 1.47 bits per heavy atom. The molecule has 0 aliphatic carbocycles. The first kappa shape index (κ1) is 15.8. The topological polar surface area (TPSA) is 58.6 Å². The minimum Gasteiger partial charge on any atom is -0.507 e. The fourth-order valence-corrected chi connectivity index (χ4v) is 1.75. The molecule has 0 aromatic heterocycles. The van der Waals surface area contributed by atoms with Crippen molar-refractivity contribution < 1.29 is 14.6 Å².